The highest BCUT2D eigenvalue weighted by Gasteiger charge is 2.11. The van der Waals surface area contributed by atoms with Crippen molar-refractivity contribution in [1.82, 2.24) is 5.48 Å². The second kappa shape index (κ2) is 4.28. The van der Waals surface area contributed by atoms with E-state index in [2.05, 4.69) is 12.1 Å². The Morgan fingerprint density at radius 2 is 2.31 bits per heavy atom. The standard InChI is InChI=1S/C12H13NO3/c1-3-15-13-8(2)12-7-9-6-10(14)4-5-11(9)16-12/h3-8,13-14H,1H2,2H3. The van der Waals surface area contributed by atoms with Crippen molar-refractivity contribution < 1.29 is 14.4 Å². The Bertz CT molecular complexity index is 504. The highest BCUT2D eigenvalue weighted by Crippen LogP contribution is 2.26. The summed E-state index contributed by atoms with van der Waals surface area (Å²) in [6.45, 7) is 5.34. The topological polar surface area (TPSA) is 54.6 Å². The van der Waals surface area contributed by atoms with Crippen LogP contribution in [0.5, 0.6) is 5.75 Å². The molecule has 0 saturated heterocycles. The number of hydrogen-bond acceptors (Lipinski definition) is 4. The summed E-state index contributed by atoms with van der Waals surface area (Å²) >= 11 is 0. The zero-order valence-corrected chi connectivity index (χ0v) is 8.93. The number of nitrogens with one attached hydrogen (secondary N) is 1. The lowest BCUT2D eigenvalue weighted by Crippen LogP contribution is -2.15. The Balaban J connectivity index is 2.28. The van der Waals surface area contributed by atoms with Gasteiger partial charge in [0.1, 0.15) is 23.4 Å². The minimum absolute atomic E-state index is 0.0902. The first-order valence-corrected chi connectivity index (χ1v) is 4.95. The summed E-state index contributed by atoms with van der Waals surface area (Å²) in [5.41, 5.74) is 3.49. The van der Waals surface area contributed by atoms with Gasteiger partial charge in [0.25, 0.3) is 0 Å². The molecule has 0 aliphatic carbocycles. The Labute approximate surface area is 93.1 Å². The van der Waals surface area contributed by atoms with Gasteiger partial charge in [-0.25, -0.2) is 0 Å². The van der Waals surface area contributed by atoms with Gasteiger partial charge in [-0.2, -0.15) is 0 Å². The molecule has 2 aromatic rings. The number of benzene rings is 1. The third-order valence-corrected chi connectivity index (χ3v) is 2.27. The molecule has 0 aliphatic rings. The summed E-state index contributed by atoms with van der Waals surface area (Å²) in [6, 6.07) is 6.75. The third-order valence-electron chi connectivity index (χ3n) is 2.27. The molecule has 1 aromatic carbocycles. The van der Waals surface area contributed by atoms with Crippen LogP contribution in [0, 0.1) is 0 Å². The Morgan fingerprint density at radius 1 is 1.50 bits per heavy atom. The first kappa shape index (κ1) is 10.6. The van der Waals surface area contributed by atoms with Gasteiger partial charge in [-0.3, -0.25) is 0 Å². The fourth-order valence-electron chi connectivity index (χ4n) is 1.47. The van der Waals surface area contributed by atoms with Crippen molar-refractivity contribution >= 4 is 11.0 Å². The zero-order chi connectivity index (χ0) is 11.5. The minimum Gasteiger partial charge on any atom is -0.508 e. The summed E-state index contributed by atoms with van der Waals surface area (Å²) < 4.78 is 5.59. The molecule has 4 heteroatoms. The van der Waals surface area contributed by atoms with Gasteiger partial charge >= 0.3 is 0 Å². The highest BCUT2D eigenvalue weighted by atomic mass is 16.6. The van der Waals surface area contributed by atoms with E-state index < -0.39 is 0 Å². The van der Waals surface area contributed by atoms with Crippen LogP contribution < -0.4 is 5.48 Å². The lowest BCUT2D eigenvalue weighted by Gasteiger charge is -2.08. The summed E-state index contributed by atoms with van der Waals surface area (Å²) in [6.07, 6.45) is 1.31. The maximum absolute atomic E-state index is 9.32. The zero-order valence-electron chi connectivity index (χ0n) is 8.93. The molecule has 1 unspecified atom stereocenters. The van der Waals surface area contributed by atoms with E-state index in [-0.39, 0.29) is 11.8 Å². The smallest absolute Gasteiger partial charge is 0.134 e. The molecule has 0 spiro atoms. The summed E-state index contributed by atoms with van der Waals surface area (Å²) in [5.74, 6) is 0.963. The van der Waals surface area contributed by atoms with Crippen molar-refractivity contribution in [2.45, 2.75) is 13.0 Å². The maximum atomic E-state index is 9.32. The average Bonchev–Trinajstić information content (AvgIpc) is 2.68. The van der Waals surface area contributed by atoms with E-state index in [9.17, 15) is 5.11 Å². The van der Waals surface area contributed by atoms with Crippen LogP contribution in [-0.2, 0) is 4.84 Å². The quantitative estimate of drug-likeness (QED) is 0.613. The van der Waals surface area contributed by atoms with Crippen LogP contribution in [0.15, 0.2) is 41.5 Å². The van der Waals surface area contributed by atoms with Crippen LogP contribution in [0.25, 0.3) is 11.0 Å². The van der Waals surface area contributed by atoms with Crippen LogP contribution in [-0.4, -0.2) is 5.11 Å². The number of aromatic hydroxyl groups is 1. The molecule has 0 aliphatic heterocycles. The van der Waals surface area contributed by atoms with Crippen LogP contribution in [0.4, 0.5) is 0 Å². The number of fused-ring (bicyclic) bond motifs is 1. The van der Waals surface area contributed by atoms with E-state index in [1.54, 1.807) is 18.2 Å². The number of furan rings is 1. The van der Waals surface area contributed by atoms with Gasteiger partial charge < -0.3 is 14.4 Å². The van der Waals surface area contributed by atoms with E-state index in [0.717, 1.165) is 16.7 Å². The van der Waals surface area contributed by atoms with E-state index >= 15 is 0 Å². The van der Waals surface area contributed by atoms with Gasteiger partial charge in [-0.05, 0) is 31.2 Å². The van der Waals surface area contributed by atoms with Crippen LogP contribution >= 0.6 is 0 Å². The SMILES string of the molecule is C=CONC(C)c1cc2cc(O)ccc2o1. The molecular formula is C12H13NO3. The Hall–Kier alpha value is -1.94. The predicted octanol–water partition coefficient (Wildman–Crippen LogP) is 2.86. The molecule has 16 heavy (non-hydrogen) atoms. The first-order valence-electron chi connectivity index (χ1n) is 4.95. The second-order valence-corrected chi connectivity index (χ2v) is 3.49. The number of rotatable bonds is 4. The van der Waals surface area contributed by atoms with E-state index in [0.29, 0.717) is 0 Å². The molecule has 2 rings (SSSR count). The molecule has 4 nitrogen and oxygen atoms in total. The van der Waals surface area contributed by atoms with E-state index in [1.807, 2.05) is 13.0 Å². The fourth-order valence-corrected chi connectivity index (χ4v) is 1.47. The number of phenols is 1. The van der Waals surface area contributed by atoms with Crippen molar-refractivity contribution in [1.29, 1.82) is 0 Å². The molecule has 0 radical (unpaired) electrons. The van der Waals surface area contributed by atoms with Gasteiger partial charge in [0, 0.05) is 5.39 Å². The lowest BCUT2D eigenvalue weighted by atomic mass is 10.2. The van der Waals surface area contributed by atoms with Crippen LogP contribution in [0.3, 0.4) is 0 Å². The molecule has 0 bridgehead atoms. The minimum atomic E-state index is -0.0902. The van der Waals surface area contributed by atoms with Crippen LogP contribution in [0.1, 0.15) is 18.7 Å². The molecule has 84 valence electrons. The molecule has 0 saturated carbocycles. The number of hydroxylamine groups is 1. The third kappa shape index (κ3) is 2.01. The summed E-state index contributed by atoms with van der Waals surface area (Å²) in [7, 11) is 0. The van der Waals surface area contributed by atoms with E-state index in [1.165, 1.54) is 6.26 Å². The number of hydrogen-bond donors (Lipinski definition) is 2. The van der Waals surface area contributed by atoms with Gasteiger partial charge in [-0.1, -0.05) is 6.58 Å². The normalized spacial score (nSPS) is 12.6. The van der Waals surface area contributed by atoms with E-state index in [4.69, 9.17) is 9.25 Å². The molecule has 0 amide bonds. The van der Waals surface area contributed by atoms with Gasteiger partial charge in [-0.15, -0.1) is 5.48 Å². The molecule has 1 aromatic heterocycles. The summed E-state index contributed by atoms with van der Waals surface area (Å²) in [5, 5.41) is 10.2. The summed E-state index contributed by atoms with van der Waals surface area (Å²) in [4.78, 5) is 4.87. The second-order valence-electron chi connectivity index (χ2n) is 3.49. The van der Waals surface area contributed by atoms with Crippen molar-refractivity contribution in [3.63, 3.8) is 0 Å². The van der Waals surface area contributed by atoms with Crippen molar-refractivity contribution in [2.24, 2.45) is 0 Å². The molecule has 1 atom stereocenters. The van der Waals surface area contributed by atoms with Gasteiger partial charge in [0.05, 0.1) is 6.04 Å². The molecule has 0 fully saturated rings. The Kier molecular flexibility index (Phi) is 2.83. The predicted molar refractivity (Wildman–Crippen MR) is 60.7 cm³/mol. The van der Waals surface area contributed by atoms with Gasteiger partial charge in [0.2, 0.25) is 0 Å². The first-order chi connectivity index (χ1) is 7.70. The highest BCUT2D eigenvalue weighted by molar-refractivity contribution is 5.79. The fraction of sp³-hybridized carbons (Fsp3) is 0.167. The lowest BCUT2D eigenvalue weighted by molar-refractivity contribution is 0.0988. The average molecular weight is 219 g/mol. The maximum Gasteiger partial charge on any atom is 0.134 e. The molecule has 1 heterocycles. The monoisotopic (exact) mass is 219 g/mol. The van der Waals surface area contributed by atoms with Crippen LogP contribution in [0.2, 0.25) is 0 Å². The van der Waals surface area contributed by atoms with Crippen molar-refractivity contribution in [3.8, 4) is 5.75 Å². The number of phenolic OH excluding ortho intramolecular Hbond substituents is 1. The molecule has 2 N–H and O–H groups in total. The molecular weight excluding hydrogens is 206 g/mol. The van der Waals surface area contributed by atoms with Crippen molar-refractivity contribution in [3.05, 3.63) is 42.9 Å². The van der Waals surface area contributed by atoms with Crippen molar-refractivity contribution in [2.75, 3.05) is 0 Å². The van der Waals surface area contributed by atoms with Gasteiger partial charge in [0.15, 0.2) is 0 Å². The largest absolute Gasteiger partial charge is 0.508 e. The Morgan fingerprint density at radius 3 is 3.06 bits per heavy atom.